The molecule has 0 atom stereocenters. The molecule has 0 aliphatic carbocycles. The van der Waals surface area contributed by atoms with Gasteiger partial charge >= 0.3 is 0 Å². The second-order valence-electron chi connectivity index (χ2n) is 10.4. The number of nitrogens with zero attached hydrogens (tertiary/aromatic N) is 4. The summed E-state index contributed by atoms with van der Waals surface area (Å²) in [5, 5.41) is 10.8. The van der Waals surface area contributed by atoms with Crippen molar-refractivity contribution < 1.29 is 4.42 Å². The van der Waals surface area contributed by atoms with Crippen LogP contribution < -0.4 is 0 Å². The lowest BCUT2D eigenvalue weighted by molar-refractivity contribution is 0.584. The van der Waals surface area contributed by atoms with E-state index in [9.17, 15) is 0 Å². The molecule has 8 aromatic rings. The van der Waals surface area contributed by atoms with Gasteiger partial charge in [-0.25, -0.2) is 9.97 Å². The van der Waals surface area contributed by atoms with Crippen LogP contribution in [0.4, 0.5) is 0 Å². The van der Waals surface area contributed by atoms with Gasteiger partial charge in [-0.05, 0) is 58.3 Å². The summed E-state index contributed by atoms with van der Waals surface area (Å²) in [6, 6.07) is 49.3. The Hall–Kier alpha value is -5.94. The van der Waals surface area contributed by atoms with E-state index >= 15 is 0 Å². The van der Waals surface area contributed by atoms with Crippen molar-refractivity contribution in [1.82, 2.24) is 20.2 Å². The molecule has 0 saturated heterocycles. The van der Waals surface area contributed by atoms with Gasteiger partial charge in [-0.15, -0.1) is 10.2 Å². The molecule has 5 nitrogen and oxygen atoms in total. The van der Waals surface area contributed by atoms with E-state index in [-0.39, 0.29) is 0 Å². The van der Waals surface area contributed by atoms with Gasteiger partial charge < -0.3 is 4.42 Å². The third kappa shape index (κ3) is 4.63. The average Bonchev–Trinajstić information content (AvgIpc) is 3.59. The van der Waals surface area contributed by atoms with E-state index < -0.39 is 0 Å². The first-order chi connectivity index (χ1) is 21.3. The van der Waals surface area contributed by atoms with Crippen LogP contribution in [0.25, 0.3) is 78.4 Å². The highest BCUT2D eigenvalue weighted by molar-refractivity contribution is 6.00. The summed E-state index contributed by atoms with van der Waals surface area (Å²) in [6.07, 6.45) is 0. The van der Waals surface area contributed by atoms with Crippen LogP contribution >= 0.6 is 0 Å². The summed E-state index contributed by atoms with van der Waals surface area (Å²) in [4.78, 5) is 10.2. The molecule has 6 aromatic carbocycles. The number of hydrogen-bond donors (Lipinski definition) is 0. The second kappa shape index (κ2) is 10.5. The number of aromatic nitrogens is 4. The molecule has 2 aromatic heterocycles. The third-order valence-corrected chi connectivity index (χ3v) is 7.68. The Morgan fingerprint density at radius 3 is 1.58 bits per heavy atom. The Balaban J connectivity index is 1.14. The van der Waals surface area contributed by atoms with Crippen LogP contribution in [0, 0.1) is 0 Å². The standard InChI is InChI=1S/C38H24N4O/c1-2-10-29(11-3-1)37-41-42-38(43-37)30-23-19-26(20-24-30)25-17-21-28(22-18-25)35-36(40-34-16-7-6-15-33(34)39-35)32-14-8-12-27-9-4-5-13-31(27)32/h1-24H. The molecule has 0 bridgehead atoms. The fourth-order valence-corrected chi connectivity index (χ4v) is 5.48. The zero-order valence-electron chi connectivity index (χ0n) is 23.1. The normalized spacial score (nSPS) is 11.3. The van der Waals surface area contributed by atoms with E-state index in [0.29, 0.717) is 11.8 Å². The predicted octanol–water partition coefficient (Wildman–Crippen LogP) is 9.50. The first-order valence-electron chi connectivity index (χ1n) is 14.2. The average molecular weight is 553 g/mol. The van der Waals surface area contributed by atoms with E-state index in [4.69, 9.17) is 14.4 Å². The molecule has 0 N–H and O–H groups in total. The maximum atomic E-state index is 5.94. The molecule has 0 fully saturated rings. The molecule has 0 spiro atoms. The van der Waals surface area contributed by atoms with Crippen molar-refractivity contribution in [2.45, 2.75) is 0 Å². The highest BCUT2D eigenvalue weighted by Gasteiger charge is 2.16. The number of rotatable bonds is 5. The SMILES string of the molecule is c1ccc(-c2nnc(-c3ccc(-c4ccc(-c5nc6ccccc6nc5-c5cccc6ccccc56)cc4)cc3)o2)cc1. The molecule has 0 aliphatic heterocycles. The Bertz CT molecular complexity index is 2220. The largest absolute Gasteiger partial charge is 0.416 e. The first kappa shape index (κ1) is 24.8. The van der Waals surface area contributed by atoms with Crippen LogP contribution in [0.2, 0.25) is 0 Å². The van der Waals surface area contributed by atoms with Crippen LogP contribution in [0.5, 0.6) is 0 Å². The van der Waals surface area contributed by atoms with Gasteiger partial charge in [0.25, 0.3) is 0 Å². The van der Waals surface area contributed by atoms with Crippen LogP contribution in [0.15, 0.2) is 150 Å². The highest BCUT2D eigenvalue weighted by atomic mass is 16.4. The van der Waals surface area contributed by atoms with Gasteiger partial charge in [0.15, 0.2) is 0 Å². The summed E-state index contributed by atoms with van der Waals surface area (Å²) >= 11 is 0. The van der Waals surface area contributed by atoms with E-state index in [0.717, 1.165) is 61.2 Å². The fourth-order valence-electron chi connectivity index (χ4n) is 5.48. The molecule has 5 heteroatoms. The van der Waals surface area contributed by atoms with Gasteiger partial charge in [0.1, 0.15) is 0 Å². The van der Waals surface area contributed by atoms with Crippen molar-refractivity contribution in [2.24, 2.45) is 0 Å². The van der Waals surface area contributed by atoms with Gasteiger partial charge in [-0.1, -0.05) is 109 Å². The van der Waals surface area contributed by atoms with E-state index in [1.165, 1.54) is 5.39 Å². The van der Waals surface area contributed by atoms with E-state index in [2.05, 4.69) is 89.1 Å². The van der Waals surface area contributed by atoms with Crippen molar-refractivity contribution in [3.63, 3.8) is 0 Å². The van der Waals surface area contributed by atoms with Gasteiger partial charge in [0.2, 0.25) is 11.8 Å². The first-order valence-corrected chi connectivity index (χ1v) is 14.2. The molecule has 202 valence electrons. The maximum absolute atomic E-state index is 5.94. The zero-order chi connectivity index (χ0) is 28.6. The van der Waals surface area contributed by atoms with Gasteiger partial charge in [0, 0.05) is 22.3 Å². The maximum Gasteiger partial charge on any atom is 0.248 e. The minimum atomic E-state index is 0.497. The number of para-hydroxylation sites is 2. The number of benzene rings is 6. The molecule has 0 unspecified atom stereocenters. The molecule has 0 amide bonds. The number of fused-ring (bicyclic) bond motifs is 2. The molecular formula is C38H24N4O. The summed E-state index contributed by atoms with van der Waals surface area (Å²) in [7, 11) is 0. The molecule has 0 saturated carbocycles. The Morgan fingerprint density at radius 2 is 0.884 bits per heavy atom. The van der Waals surface area contributed by atoms with Crippen molar-refractivity contribution >= 4 is 21.8 Å². The summed E-state index contributed by atoms with van der Waals surface area (Å²) in [6.45, 7) is 0. The lowest BCUT2D eigenvalue weighted by Gasteiger charge is -2.13. The van der Waals surface area contributed by atoms with Crippen LogP contribution in [0.1, 0.15) is 0 Å². The van der Waals surface area contributed by atoms with Crippen LogP contribution in [-0.4, -0.2) is 20.2 Å². The number of hydrogen-bond acceptors (Lipinski definition) is 5. The van der Waals surface area contributed by atoms with Gasteiger partial charge in [-0.3, -0.25) is 0 Å². The van der Waals surface area contributed by atoms with Gasteiger partial charge in [-0.2, -0.15) is 0 Å². The Labute approximate surface area is 248 Å². The van der Waals surface area contributed by atoms with Crippen molar-refractivity contribution in [2.75, 3.05) is 0 Å². The summed E-state index contributed by atoms with van der Waals surface area (Å²) in [5.41, 5.74) is 9.55. The Kier molecular flexibility index (Phi) is 6.05. The second-order valence-corrected chi connectivity index (χ2v) is 10.4. The smallest absolute Gasteiger partial charge is 0.248 e. The van der Waals surface area contributed by atoms with Crippen molar-refractivity contribution in [3.8, 4) is 56.6 Å². The highest BCUT2D eigenvalue weighted by Crippen LogP contribution is 2.36. The zero-order valence-corrected chi connectivity index (χ0v) is 23.1. The minimum absolute atomic E-state index is 0.497. The molecule has 0 radical (unpaired) electrons. The van der Waals surface area contributed by atoms with Crippen LogP contribution in [-0.2, 0) is 0 Å². The molecule has 43 heavy (non-hydrogen) atoms. The summed E-state index contributed by atoms with van der Waals surface area (Å²) in [5.74, 6) is 1.01. The Morgan fingerprint density at radius 1 is 0.372 bits per heavy atom. The minimum Gasteiger partial charge on any atom is -0.416 e. The topological polar surface area (TPSA) is 64.7 Å². The van der Waals surface area contributed by atoms with E-state index in [1.807, 2.05) is 66.7 Å². The lowest BCUT2D eigenvalue weighted by Crippen LogP contribution is -1.96. The van der Waals surface area contributed by atoms with Gasteiger partial charge in [0.05, 0.1) is 22.4 Å². The van der Waals surface area contributed by atoms with Crippen molar-refractivity contribution in [3.05, 3.63) is 146 Å². The monoisotopic (exact) mass is 552 g/mol. The molecular weight excluding hydrogens is 528 g/mol. The quantitative estimate of drug-likeness (QED) is 0.213. The fraction of sp³-hybridized carbons (Fsp3) is 0. The van der Waals surface area contributed by atoms with Crippen LogP contribution in [0.3, 0.4) is 0 Å². The van der Waals surface area contributed by atoms with E-state index in [1.54, 1.807) is 0 Å². The molecule has 0 aliphatic rings. The lowest BCUT2D eigenvalue weighted by atomic mass is 9.96. The molecule has 2 heterocycles. The van der Waals surface area contributed by atoms with Crippen molar-refractivity contribution in [1.29, 1.82) is 0 Å². The third-order valence-electron chi connectivity index (χ3n) is 7.68. The predicted molar refractivity (Wildman–Crippen MR) is 172 cm³/mol. The summed E-state index contributed by atoms with van der Waals surface area (Å²) < 4.78 is 5.94. The molecule has 8 rings (SSSR count).